The van der Waals surface area contributed by atoms with Crippen molar-refractivity contribution in [3.63, 3.8) is 0 Å². The molecule has 0 bridgehead atoms. The monoisotopic (exact) mass is 409 g/mol. The van der Waals surface area contributed by atoms with Gasteiger partial charge in [-0.25, -0.2) is 8.91 Å². The molecular formula is C22H24FN5O2. The number of carbonyl (C=O) groups is 1. The third-order valence-electron chi connectivity index (χ3n) is 5.99. The molecule has 1 aliphatic heterocycles. The van der Waals surface area contributed by atoms with Crippen LogP contribution in [0.2, 0.25) is 0 Å². The fraction of sp³-hybridized carbons (Fsp3) is 0.409. The number of aryl methyl sites for hydroxylation is 1. The summed E-state index contributed by atoms with van der Waals surface area (Å²) in [4.78, 5) is 18.6. The molecule has 3 aromatic heterocycles. The Bertz CT molecular complexity index is 1120. The van der Waals surface area contributed by atoms with Crippen LogP contribution in [0.4, 0.5) is 10.2 Å². The summed E-state index contributed by atoms with van der Waals surface area (Å²) < 4.78 is 21.7. The van der Waals surface area contributed by atoms with Crippen LogP contribution in [-0.2, 0) is 4.79 Å². The second-order valence-corrected chi connectivity index (χ2v) is 8.29. The van der Waals surface area contributed by atoms with Crippen LogP contribution in [0, 0.1) is 6.92 Å². The highest BCUT2D eigenvalue weighted by atomic mass is 19.1. The largest absolute Gasteiger partial charge is 0.490 e. The van der Waals surface area contributed by atoms with Crippen LogP contribution in [0.5, 0.6) is 5.75 Å². The minimum absolute atomic E-state index is 0.275. The Balaban J connectivity index is 1.41. The second kappa shape index (κ2) is 7.05. The SMILES string of the molecule is Cc1cc(-c2ccn3nc(NC(=O)C4(F)CC4)cc3c2)c(OC[C@H]2CCN2C)cn1. The zero-order valence-corrected chi connectivity index (χ0v) is 17.1. The molecule has 7 nitrogen and oxygen atoms in total. The molecule has 0 aromatic carbocycles. The lowest BCUT2D eigenvalue weighted by Crippen LogP contribution is -2.48. The van der Waals surface area contributed by atoms with Crippen molar-refractivity contribution in [2.45, 2.75) is 37.9 Å². The quantitative estimate of drug-likeness (QED) is 0.677. The fourth-order valence-corrected chi connectivity index (χ4v) is 3.64. The molecule has 1 saturated heterocycles. The zero-order valence-electron chi connectivity index (χ0n) is 17.1. The number of nitrogens with one attached hydrogen (secondary N) is 1. The molecule has 4 heterocycles. The van der Waals surface area contributed by atoms with Gasteiger partial charge in [0.25, 0.3) is 5.91 Å². The van der Waals surface area contributed by atoms with E-state index < -0.39 is 11.6 Å². The average molecular weight is 409 g/mol. The second-order valence-electron chi connectivity index (χ2n) is 8.29. The topological polar surface area (TPSA) is 71.8 Å². The lowest BCUT2D eigenvalue weighted by molar-refractivity contribution is -0.122. The van der Waals surface area contributed by atoms with Crippen LogP contribution in [0.3, 0.4) is 0 Å². The van der Waals surface area contributed by atoms with Gasteiger partial charge in [0, 0.05) is 29.6 Å². The van der Waals surface area contributed by atoms with Gasteiger partial charge in [-0.15, -0.1) is 0 Å². The van der Waals surface area contributed by atoms with Crippen molar-refractivity contribution < 1.29 is 13.9 Å². The highest BCUT2D eigenvalue weighted by molar-refractivity contribution is 5.99. The first-order valence-electron chi connectivity index (χ1n) is 10.2. The molecule has 3 aromatic rings. The maximum Gasteiger partial charge on any atom is 0.263 e. The van der Waals surface area contributed by atoms with Gasteiger partial charge < -0.3 is 10.1 Å². The van der Waals surface area contributed by atoms with E-state index in [1.54, 1.807) is 16.8 Å². The third kappa shape index (κ3) is 3.52. The standard InChI is InChI=1S/C22H24FN5O2/c1-14-9-18(19(12-24-14)30-13-16-4-7-27(16)2)15-3-8-28-17(10-15)11-20(26-28)25-21(29)22(23)5-6-22/h3,8-12,16H,4-7,13H2,1-2H3,(H,25,26,29)/t16-/m1/s1. The lowest BCUT2D eigenvalue weighted by atomic mass is 10.0. The Morgan fingerprint density at radius 3 is 2.90 bits per heavy atom. The van der Waals surface area contributed by atoms with Gasteiger partial charge in [0.2, 0.25) is 0 Å². The van der Waals surface area contributed by atoms with E-state index in [4.69, 9.17) is 4.74 Å². The number of likely N-dealkylation sites (tertiary alicyclic amines) is 1. The van der Waals surface area contributed by atoms with Crippen molar-refractivity contribution >= 4 is 17.2 Å². The Morgan fingerprint density at radius 1 is 1.37 bits per heavy atom. The Hall–Kier alpha value is -3.00. The van der Waals surface area contributed by atoms with Gasteiger partial charge in [0.05, 0.1) is 11.7 Å². The van der Waals surface area contributed by atoms with Gasteiger partial charge >= 0.3 is 0 Å². The number of carbonyl (C=O) groups excluding carboxylic acids is 1. The highest BCUT2D eigenvalue weighted by Crippen LogP contribution is 2.40. The van der Waals surface area contributed by atoms with Crippen molar-refractivity contribution in [3.05, 3.63) is 42.4 Å². The molecule has 2 fully saturated rings. The summed E-state index contributed by atoms with van der Waals surface area (Å²) in [7, 11) is 2.10. The number of halogens is 1. The van der Waals surface area contributed by atoms with E-state index in [1.807, 2.05) is 31.3 Å². The molecule has 0 unspecified atom stereocenters. The lowest BCUT2D eigenvalue weighted by Gasteiger charge is -2.37. The molecule has 156 valence electrons. The van der Waals surface area contributed by atoms with Crippen LogP contribution in [0.15, 0.2) is 36.7 Å². The van der Waals surface area contributed by atoms with Crippen molar-refractivity contribution in [1.29, 1.82) is 0 Å². The first-order valence-corrected chi connectivity index (χ1v) is 10.2. The van der Waals surface area contributed by atoms with Gasteiger partial charge in [-0.2, -0.15) is 5.10 Å². The molecule has 30 heavy (non-hydrogen) atoms. The van der Waals surface area contributed by atoms with E-state index in [0.29, 0.717) is 18.5 Å². The predicted octanol–water partition coefficient (Wildman–Crippen LogP) is 3.23. The first kappa shape index (κ1) is 19.0. The number of alkyl halides is 1. The van der Waals surface area contributed by atoms with Crippen LogP contribution >= 0.6 is 0 Å². The summed E-state index contributed by atoms with van der Waals surface area (Å²) >= 11 is 0. The summed E-state index contributed by atoms with van der Waals surface area (Å²) in [6.45, 7) is 3.68. The van der Waals surface area contributed by atoms with Gasteiger partial charge in [0.15, 0.2) is 11.5 Å². The van der Waals surface area contributed by atoms with Crippen molar-refractivity contribution in [2.24, 2.45) is 0 Å². The smallest absolute Gasteiger partial charge is 0.263 e. The highest BCUT2D eigenvalue weighted by Gasteiger charge is 2.51. The molecule has 1 aliphatic carbocycles. The van der Waals surface area contributed by atoms with Gasteiger partial charge in [-0.05, 0) is 63.5 Å². The number of hydrogen-bond acceptors (Lipinski definition) is 5. The van der Waals surface area contributed by atoms with E-state index >= 15 is 0 Å². The molecule has 1 N–H and O–H groups in total. The van der Waals surface area contributed by atoms with E-state index in [0.717, 1.165) is 41.1 Å². The van der Waals surface area contributed by atoms with E-state index in [9.17, 15) is 9.18 Å². The Morgan fingerprint density at radius 2 is 2.20 bits per heavy atom. The molecule has 2 aliphatic rings. The number of ether oxygens (including phenoxy) is 1. The summed E-state index contributed by atoms with van der Waals surface area (Å²) in [6, 6.07) is 8.10. The average Bonchev–Trinajstić information content (AvgIpc) is 3.35. The molecule has 1 saturated carbocycles. The number of amides is 1. The van der Waals surface area contributed by atoms with E-state index in [2.05, 4.69) is 27.3 Å². The molecule has 0 radical (unpaired) electrons. The van der Waals surface area contributed by atoms with Gasteiger partial charge in [-0.3, -0.25) is 14.7 Å². The summed E-state index contributed by atoms with van der Waals surface area (Å²) in [5.41, 5.74) is 1.89. The maximum atomic E-state index is 13.9. The minimum Gasteiger partial charge on any atom is -0.490 e. The van der Waals surface area contributed by atoms with Crippen LogP contribution in [0.1, 0.15) is 25.0 Å². The van der Waals surface area contributed by atoms with Gasteiger partial charge in [-0.1, -0.05) is 0 Å². The normalized spacial score (nSPS) is 20.0. The van der Waals surface area contributed by atoms with E-state index in [1.165, 1.54) is 0 Å². The number of fused-ring (bicyclic) bond motifs is 1. The number of aromatic nitrogens is 3. The number of pyridine rings is 2. The van der Waals surface area contributed by atoms with Crippen LogP contribution in [-0.4, -0.2) is 57.3 Å². The Kier molecular flexibility index (Phi) is 4.47. The molecule has 8 heteroatoms. The molecule has 5 rings (SSSR count). The van der Waals surface area contributed by atoms with Crippen molar-refractivity contribution in [3.8, 4) is 16.9 Å². The summed E-state index contributed by atoms with van der Waals surface area (Å²) in [5, 5.41) is 6.90. The zero-order chi connectivity index (χ0) is 20.9. The minimum atomic E-state index is -1.73. The number of nitrogens with zero attached hydrogens (tertiary/aromatic N) is 4. The van der Waals surface area contributed by atoms with Gasteiger partial charge in [0.1, 0.15) is 12.4 Å². The number of rotatable bonds is 6. The first-order chi connectivity index (χ1) is 14.4. The van der Waals surface area contributed by atoms with Crippen molar-refractivity contribution in [2.75, 3.05) is 25.5 Å². The fourth-order valence-electron chi connectivity index (χ4n) is 3.64. The Labute approximate surface area is 173 Å². The van der Waals surface area contributed by atoms with Crippen LogP contribution < -0.4 is 10.1 Å². The van der Waals surface area contributed by atoms with Crippen LogP contribution in [0.25, 0.3) is 16.6 Å². The number of likely N-dealkylation sites (N-methyl/N-ethyl adjacent to an activating group) is 1. The number of hydrogen-bond donors (Lipinski definition) is 1. The maximum absolute atomic E-state index is 13.9. The molecule has 1 amide bonds. The summed E-state index contributed by atoms with van der Waals surface area (Å²) in [5.74, 6) is 0.468. The molecular weight excluding hydrogens is 385 g/mol. The summed E-state index contributed by atoms with van der Waals surface area (Å²) in [6.07, 6.45) is 5.28. The predicted molar refractivity (Wildman–Crippen MR) is 111 cm³/mol. The van der Waals surface area contributed by atoms with Crippen molar-refractivity contribution in [1.82, 2.24) is 19.5 Å². The molecule has 0 spiro atoms. The third-order valence-corrected chi connectivity index (χ3v) is 5.99. The molecule has 1 atom stereocenters. The van der Waals surface area contributed by atoms with E-state index in [-0.39, 0.29) is 12.8 Å². The number of anilines is 1.